The van der Waals surface area contributed by atoms with Gasteiger partial charge in [0, 0.05) is 0 Å². The van der Waals surface area contributed by atoms with Crippen LogP contribution in [0, 0.1) is 0 Å². The summed E-state index contributed by atoms with van der Waals surface area (Å²) in [4.78, 5) is 27.5. The van der Waals surface area contributed by atoms with Crippen LogP contribution in [0.5, 0.6) is 0 Å². The zero-order chi connectivity index (χ0) is 19.9. The van der Waals surface area contributed by atoms with Crippen LogP contribution in [0.3, 0.4) is 0 Å². The average Bonchev–Trinajstić information content (AvgIpc) is 2.49. The Morgan fingerprint density at radius 3 is 1.88 bits per heavy atom. The van der Waals surface area contributed by atoms with E-state index < -0.39 is 26.9 Å². The molecule has 0 spiro atoms. The van der Waals surface area contributed by atoms with Gasteiger partial charge in [-0.05, 0) is 0 Å². The monoisotopic (exact) mass is 456 g/mol. The molecule has 0 radical (unpaired) electrons. The average molecular weight is 457 g/mol. The molecular weight excluding hydrogens is 422 g/mol. The molecule has 12 heteroatoms. The molecule has 8 nitrogen and oxygen atoms in total. The summed E-state index contributed by atoms with van der Waals surface area (Å²) in [6.07, 6.45) is 12.2. The van der Waals surface area contributed by atoms with Gasteiger partial charge in [-0.3, -0.25) is 0 Å². The van der Waals surface area contributed by atoms with Crippen molar-refractivity contribution in [3.8, 4) is 0 Å². The van der Waals surface area contributed by atoms with Crippen molar-refractivity contribution in [1.82, 2.24) is 0 Å². The van der Waals surface area contributed by atoms with Crippen LogP contribution in [-0.4, -0.2) is 45.3 Å². The molecule has 0 heterocycles. The first-order valence-electron chi connectivity index (χ1n) is 9.04. The SMILES string of the molecule is CCCCCCCCCCCCSCC[PH](O)(OP(O)O)OS(=O)(=O)O. The van der Waals surface area contributed by atoms with Crippen molar-refractivity contribution >= 4 is 38.7 Å². The normalized spacial score (nSPS) is 13.5. The van der Waals surface area contributed by atoms with Crippen LogP contribution >= 0.6 is 28.3 Å². The Balaban J connectivity index is 3.70. The molecule has 0 atom stereocenters. The summed E-state index contributed by atoms with van der Waals surface area (Å²) >= 11 is 1.49. The van der Waals surface area contributed by atoms with Gasteiger partial charge in [0.2, 0.25) is 0 Å². The van der Waals surface area contributed by atoms with Gasteiger partial charge in [0.05, 0.1) is 0 Å². The third-order valence-electron chi connectivity index (χ3n) is 3.66. The number of unbranched alkanes of at least 4 members (excludes halogenated alkanes) is 9. The van der Waals surface area contributed by atoms with Crippen LogP contribution in [0.15, 0.2) is 0 Å². The predicted octanol–water partition coefficient (Wildman–Crippen LogP) is 4.18. The molecule has 160 valence electrons. The maximum atomic E-state index is 10.7. The van der Waals surface area contributed by atoms with Crippen molar-refractivity contribution in [3.63, 3.8) is 0 Å². The van der Waals surface area contributed by atoms with Gasteiger partial charge < -0.3 is 0 Å². The summed E-state index contributed by atoms with van der Waals surface area (Å²) in [6.45, 7) is 2.21. The molecule has 0 aliphatic carbocycles. The minimum atomic E-state index is -4.93. The van der Waals surface area contributed by atoms with Crippen molar-refractivity contribution in [2.24, 2.45) is 0 Å². The van der Waals surface area contributed by atoms with Gasteiger partial charge in [0.1, 0.15) is 0 Å². The second kappa shape index (κ2) is 15.8. The topological polar surface area (TPSA) is 134 Å². The Bertz CT molecular complexity index is 439. The second-order valence-electron chi connectivity index (χ2n) is 6.11. The quantitative estimate of drug-likeness (QED) is 0.136. The molecule has 0 unspecified atom stereocenters. The van der Waals surface area contributed by atoms with E-state index in [0.29, 0.717) is 5.75 Å². The summed E-state index contributed by atoms with van der Waals surface area (Å²) in [5.74, 6) is 1.18. The summed E-state index contributed by atoms with van der Waals surface area (Å²) in [6, 6.07) is 0. The van der Waals surface area contributed by atoms with Gasteiger partial charge in [-0.1, -0.05) is 19.8 Å². The molecule has 0 amide bonds. The van der Waals surface area contributed by atoms with Gasteiger partial charge in [-0.2, -0.15) is 0 Å². The van der Waals surface area contributed by atoms with Crippen LogP contribution in [0.2, 0.25) is 0 Å². The van der Waals surface area contributed by atoms with Gasteiger partial charge in [0.15, 0.2) is 0 Å². The zero-order valence-corrected chi connectivity index (χ0v) is 18.9. The fraction of sp³-hybridized carbons (Fsp3) is 1.00. The molecule has 0 aliphatic rings. The fourth-order valence-electron chi connectivity index (χ4n) is 2.39. The third-order valence-corrected chi connectivity index (χ3v) is 9.66. The Morgan fingerprint density at radius 2 is 1.42 bits per heavy atom. The first kappa shape index (κ1) is 26.9. The van der Waals surface area contributed by atoms with Gasteiger partial charge in [0.25, 0.3) is 0 Å². The van der Waals surface area contributed by atoms with Crippen molar-refractivity contribution in [2.75, 3.05) is 17.7 Å². The number of rotatable bonds is 18. The first-order valence-corrected chi connectivity index (χ1v) is 14.7. The van der Waals surface area contributed by atoms with Crippen molar-refractivity contribution in [3.05, 3.63) is 0 Å². The summed E-state index contributed by atoms with van der Waals surface area (Å²) in [5.41, 5.74) is 0. The third kappa shape index (κ3) is 18.3. The summed E-state index contributed by atoms with van der Waals surface area (Å²) in [7, 11) is -12.3. The van der Waals surface area contributed by atoms with E-state index in [1.807, 2.05) is 0 Å². The van der Waals surface area contributed by atoms with Crippen molar-refractivity contribution < 1.29 is 35.9 Å². The van der Waals surface area contributed by atoms with Crippen LogP contribution < -0.4 is 0 Å². The molecule has 0 saturated heterocycles. The number of hydrogen-bond donors (Lipinski definition) is 4. The second-order valence-corrected chi connectivity index (χ2v) is 12.0. The standard InChI is InChI=1S/C14H34O8P2S2/c1-2-3-4-5-6-7-8-9-10-11-13-25-14-12-24(17,21-23(15)16)22-26(18,19)20/h15-17,24H,2-14H2,1H3,(H,18,19,20). The van der Waals surface area contributed by atoms with Crippen LogP contribution in [-0.2, 0) is 18.7 Å². The molecule has 0 aromatic heterocycles. The Morgan fingerprint density at radius 1 is 0.923 bits per heavy atom. The summed E-state index contributed by atoms with van der Waals surface area (Å²) in [5, 5.41) is 0. The zero-order valence-electron chi connectivity index (χ0n) is 15.4. The van der Waals surface area contributed by atoms with E-state index in [1.54, 1.807) is 0 Å². The molecule has 4 N–H and O–H groups in total. The Labute approximate surface area is 163 Å². The molecule has 0 fully saturated rings. The maximum absolute atomic E-state index is 10.7. The molecule has 0 bridgehead atoms. The summed E-state index contributed by atoms with van der Waals surface area (Å²) < 4.78 is 38.6. The predicted molar refractivity (Wildman–Crippen MR) is 110 cm³/mol. The van der Waals surface area contributed by atoms with Crippen LogP contribution in [0.25, 0.3) is 0 Å². The van der Waals surface area contributed by atoms with E-state index in [-0.39, 0.29) is 6.16 Å². The van der Waals surface area contributed by atoms with Gasteiger partial charge in [-0.15, -0.1) is 0 Å². The van der Waals surface area contributed by atoms with Crippen LogP contribution in [0.4, 0.5) is 0 Å². The van der Waals surface area contributed by atoms with Crippen molar-refractivity contribution in [2.45, 2.75) is 71.1 Å². The Hall–Kier alpha value is 0.920. The van der Waals surface area contributed by atoms with Crippen LogP contribution in [0.1, 0.15) is 71.1 Å². The number of thioether (sulfide) groups is 1. The van der Waals surface area contributed by atoms with Gasteiger partial charge >= 0.3 is 144 Å². The van der Waals surface area contributed by atoms with E-state index in [2.05, 4.69) is 15.2 Å². The molecular formula is C14H34O8P2S2. The Kier molecular flexibility index (Phi) is 16.4. The molecule has 0 rings (SSSR count). The number of hydrogen-bond acceptors (Lipinski definition) is 8. The molecule has 0 aromatic rings. The van der Waals surface area contributed by atoms with Gasteiger partial charge in [-0.25, -0.2) is 0 Å². The van der Waals surface area contributed by atoms with E-state index in [4.69, 9.17) is 14.3 Å². The first-order chi connectivity index (χ1) is 12.2. The van der Waals surface area contributed by atoms with E-state index in [0.717, 1.165) is 18.6 Å². The molecule has 0 aliphatic heterocycles. The molecule has 0 aromatic carbocycles. The van der Waals surface area contributed by atoms with E-state index >= 15 is 0 Å². The fourth-order valence-corrected chi connectivity index (χ4v) is 8.04. The molecule has 26 heavy (non-hydrogen) atoms. The van der Waals surface area contributed by atoms with E-state index in [1.165, 1.54) is 63.1 Å². The van der Waals surface area contributed by atoms with Crippen molar-refractivity contribution in [1.29, 1.82) is 0 Å². The van der Waals surface area contributed by atoms with E-state index in [9.17, 15) is 13.3 Å². The molecule has 0 saturated carbocycles. The minimum absolute atomic E-state index is 0.199.